The first-order valence-electron chi connectivity index (χ1n) is 13.8. The van der Waals surface area contributed by atoms with Crippen molar-refractivity contribution in [2.45, 2.75) is 5.54 Å². The molecule has 0 unspecified atom stereocenters. The van der Waals surface area contributed by atoms with Gasteiger partial charge in [0, 0.05) is 29.1 Å². The Hall–Kier alpha value is -5.82. The topological polar surface area (TPSA) is 72.4 Å². The van der Waals surface area contributed by atoms with Gasteiger partial charge in [-0.1, -0.05) is 91.0 Å². The fourth-order valence-corrected chi connectivity index (χ4v) is 5.80. The fraction of sp³-hybridized carbons (Fsp3) is 0.0278. The van der Waals surface area contributed by atoms with Crippen molar-refractivity contribution in [3.05, 3.63) is 174 Å². The molecule has 0 radical (unpaired) electrons. The molecule has 0 bridgehead atoms. The van der Waals surface area contributed by atoms with Crippen LogP contribution in [0.2, 0.25) is 0 Å². The number of hydrogen-bond donors (Lipinski definition) is 1. The van der Waals surface area contributed by atoms with E-state index in [1.165, 1.54) is 12.1 Å². The number of carboxylic acids is 1. The van der Waals surface area contributed by atoms with E-state index in [-0.39, 0.29) is 11.1 Å². The Morgan fingerprint density at radius 3 is 1.86 bits per heavy atom. The molecule has 0 amide bonds. The molecule has 7 aromatic rings. The number of nitrogens with zero attached hydrogens (tertiary/aromatic N) is 4. The minimum Gasteiger partial charge on any atom is -0.478 e. The van der Waals surface area contributed by atoms with E-state index in [1.807, 2.05) is 94.4 Å². The first kappa shape index (κ1) is 26.1. The molecule has 0 saturated carbocycles. The highest BCUT2D eigenvalue weighted by Crippen LogP contribution is 2.41. The van der Waals surface area contributed by atoms with Crippen LogP contribution in [0, 0.1) is 5.82 Å². The Morgan fingerprint density at radius 2 is 1.30 bits per heavy atom. The average molecular weight is 565 g/mol. The van der Waals surface area contributed by atoms with E-state index in [2.05, 4.69) is 41.4 Å². The SMILES string of the molecule is O=C(O)c1ccc(-c2cnc3ccc(-c4cnn(C(c5ccccc5)(c5ccccc5)c5ccccc5)c4)cn23)c(F)c1. The third-order valence-electron chi connectivity index (χ3n) is 7.83. The lowest BCUT2D eigenvalue weighted by Crippen LogP contribution is -2.38. The normalized spacial score (nSPS) is 11.6. The molecule has 0 saturated heterocycles. The third kappa shape index (κ3) is 4.38. The summed E-state index contributed by atoms with van der Waals surface area (Å²) < 4.78 is 18.8. The van der Waals surface area contributed by atoms with Gasteiger partial charge in [-0.15, -0.1) is 0 Å². The Kier molecular flexibility index (Phi) is 6.40. The molecular formula is C36H25FN4O2. The summed E-state index contributed by atoms with van der Waals surface area (Å²) >= 11 is 0. The van der Waals surface area contributed by atoms with Crippen molar-refractivity contribution in [2.24, 2.45) is 0 Å². The lowest BCUT2D eigenvalue weighted by molar-refractivity contribution is 0.0696. The molecule has 4 aromatic carbocycles. The van der Waals surface area contributed by atoms with Gasteiger partial charge in [-0.3, -0.25) is 9.08 Å². The Morgan fingerprint density at radius 1 is 0.698 bits per heavy atom. The van der Waals surface area contributed by atoms with Crippen LogP contribution in [-0.2, 0) is 5.54 Å². The quantitative estimate of drug-likeness (QED) is 0.203. The minimum atomic E-state index is -1.18. The van der Waals surface area contributed by atoms with E-state index >= 15 is 4.39 Å². The van der Waals surface area contributed by atoms with E-state index in [0.717, 1.165) is 33.9 Å². The Balaban J connectivity index is 1.39. The molecule has 1 N–H and O–H groups in total. The fourth-order valence-electron chi connectivity index (χ4n) is 5.80. The largest absolute Gasteiger partial charge is 0.478 e. The van der Waals surface area contributed by atoms with Crippen molar-refractivity contribution in [1.82, 2.24) is 19.2 Å². The molecule has 0 fully saturated rings. The van der Waals surface area contributed by atoms with E-state index in [0.29, 0.717) is 11.3 Å². The second kappa shape index (κ2) is 10.5. The molecule has 6 nitrogen and oxygen atoms in total. The van der Waals surface area contributed by atoms with E-state index in [4.69, 9.17) is 5.10 Å². The van der Waals surface area contributed by atoms with Gasteiger partial charge in [0.2, 0.25) is 0 Å². The van der Waals surface area contributed by atoms with Gasteiger partial charge in [-0.2, -0.15) is 5.10 Å². The van der Waals surface area contributed by atoms with Crippen molar-refractivity contribution in [1.29, 1.82) is 0 Å². The number of hydrogen-bond acceptors (Lipinski definition) is 3. The third-order valence-corrected chi connectivity index (χ3v) is 7.83. The van der Waals surface area contributed by atoms with Crippen LogP contribution < -0.4 is 0 Å². The van der Waals surface area contributed by atoms with Crippen molar-refractivity contribution < 1.29 is 14.3 Å². The maximum absolute atomic E-state index is 15.0. The van der Waals surface area contributed by atoms with Gasteiger partial charge in [0.1, 0.15) is 17.0 Å². The summed E-state index contributed by atoms with van der Waals surface area (Å²) in [6, 6.07) is 38.7. The molecule has 3 heterocycles. The number of carboxylic acid groups (broad SMARTS) is 1. The van der Waals surface area contributed by atoms with Crippen LogP contribution in [0.5, 0.6) is 0 Å². The lowest BCUT2D eigenvalue weighted by Gasteiger charge is -2.36. The number of carbonyl (C=O) groups is 1. The van der Waals surface area contributed by atoms with Crippen LogP contribution >= 0.6 is 0 Å². The van der Waals surface area contributed by atoms with Gasteiger partial charge in [0.05, 0.1) is 23.7 Å². The van der Waals surface area contributed by atoms with Crippen LogP contribution in [0.3, 0.4) is 0 Å². The van der Waals surface area contributed by atoms with Crippen molar-refractivity contribution in [2.75, 3.05) is 0 Å². The molecule has 3 aromatic heterocycles. The second-order valence-corrected chi connectivity index (χ2v) is 10.3. The molecule has 7 heteroatoms. The summed E-state index contributed by atoms with van der Waals surface area (Å²) in [7, 11) is 0. The number of aromatic nitrogens is 4. The van der Waals surface area contributed by atoms with Gasteiger partial charge < -0.3 is 5.11 Å². The van der Waals surface area contributed by atoms with Crippen LogP contribution in [0.4, 0.5) is 4.39 Å². The minimum absolute atomic E-state index is 0.109. The molecule has 0 aliphatic heterocycles. The average Bonchev–Trinajstić information content (AvgIpc) is 3.71. The van der Waals surface area contributed by atoms with E-state index in [9.17, 15) is 9.90 Å². The zero-order valence-corrected chi connectivity index (χ0v) is 22.9. The summed E-state index contributed by atoms with van der Waals surface area (Å²) in [5, 5.41) is 14.2. The lowest BCUT2D eigenvalue weighted by atomic mass is 9.77. The van der Waals surface area contributed by atoms with Gasteiger partial charge in [0.25, 0.3) is 0 Å². The summed E-state index contributed by atoms with van der Waals surface area (Å²) in [6.45, 7) is 0. The van der Waals surface area contributed by atoms with Gasteiger partial charge in [0.15, 0.2) is 0 Å². The van der Waals surface area contributed by atoms with E-state index < -0.39 is 17.3 Å². The highest BCUT2D eigenvalue weighted by Gasteiger charge is 2.39. The molecule has 0 spiro atoms. The smallest absolute Gasteiger partial charge is 0.335 e. The molecule has 0 atom stereocenters. The zero-order valence-electron chi connectivity index (χ0n) is 22.9. The summed E-state index contributed by atoms with van der Waals surface area (Å²) in [4.78, 5) is 15.8. The number of pyridine rings is 1. The predicted molar refractivity (Wildman–Crippen MR) is 163 cm³/mol. The summed E-state index contributed by atoms with van der Waals surface area (Å²) in [5.74, 6) is -1.81. The molecule has 0 aliphatic carbocycles. The standard InChI is InChI=1S/C36H25FN4O2/c37-32-20-25(35(42)43)16-18-31(32)33-22-38-34-19-17-26(23-40(33)34)27-21-39-41(24-27)36(28-10-4-1-5-11-28,29-12-6-2-7-13-29)30-14-8-3-9-15-30/h1-24H,(H,42,43). The number of benzene rings is 4. The van der Waals surface area contributed by atoms with Crippen molar-refractivity contribution >= 4 is 11.6 Å². The predicted octanol–water partition coefficient (Wildman–Crippen LogP) is 7.54. The first-order chi connectivity index (χ1) is 21.1. The van der Waals surface area contributed by atoms with Crippen LogP contribution in [0.1, 0.15) is 27.0 Å². The molecule has 43 heavy (non-hydrogen) atoms. The second-order valence-electron chi connectivity index (χ2n) is 10.3. The Labute approximate surface area is 247 Å². The van der Waals surface area contributed by atoms with Crippen molar-refractivity contribution in [3.63, 3.8) is 0 Å². The summed E-state index contributed by atoms with van der Waals surface area (Å²) in [5.41, 5.74) is 5.49. The number of aromatic carboxylic acids is 1. The summed E-state index contributed by atoms with van der Waals surface area (Å²) in [6.07, 6.45) is 7.36. The maximum atomic E-state index is 15.0. The van der Waals surface area contributed by atoms with Crippen LogP contribution in [-0.4, -0.2) is 30.2 Å². The van der Waals surface area contributed by atoms with Gasteiger partial charge in [-0.05, 0) is 47.0 Å². The van der Waals surface area contributed by atoms with Crippen molar-refractivity contribution in [3.8, 4) is 22.4 Å². The first-order valence-corrected chi connectivity index (χ1v) is 13.8. The maximum Gasteiger partial charge on any atom is 0.335 e. The van der Waals surface area contributed by atoms with Gasteiger partial charge >= 0.3 is 5.97 Å². The Bertz CT molecular complexity index is 1970. The molecule has 7 rings (SSSR count). The zero-order chi connectivity index (χ0) is 29.4. The highest BCUT2D eigenvalue weighted by atomic mass is 19.1. The van der Waals surface area contributed by atoms with Gasteiger partial charge in [-0.25, -0.2) is 14.2 Å². The molecule has 208 valence electrons. The number of imidazole rings is 1. The number of fused-ring (bicyclic) bond motifs is 1. The monoisotopic (exact) mass is 564 g/mol. The molecular weight excluding hydrogens is 539 g/mol. The number of rotatable bonds is 7. The van der Waals surface area contributed by atoms with Crippen LogP contribution in [0.15, 0.2) is 146 Å². The number of halogens is 1. The van der Waals surface area contributed by atoms with Crippen LogP contribution in [0.25, 0.3) is 28.0 Å². The molecule has 0 aliphatic rings. The highest BCUT2D eigenvalue weighted by molar-refractivity contribution is 5.88. The van der Waals surface area contributed by atoms with E-state index in [1.54, 1.807) is 6.20 Å².